The summed E-state index contributed by atoms with van der Waals surface area (Å²) in [6.07, 6.45) is 24.9. The summed E-state index contributed by atoms with van der Waals surface area (Å²) in [6.45, 7) is 0.843. The zero-order valence-corrected chi connectivity index (χ0v) is 54.5. The molecule has 97 heavy (non-hydrogen) atoms. The summed E-state index contributed by atoms with van der Waals surface area (Å²) in [4.78, 5) is 50.3. The second kappa shape index (κ2) is 30.6. The maximum absolute atomic E-state index is 13.3. The topological polar surface area (TPSA) is 277 Å². The van der Waals surface area contributed by atoms with Crippen LogP contribution >= 0.6 is 34.8 Å². The number of fused-ring (bicyclic) bond motifs is 3. The third-order valence-corrected chi connectivity index (χ3v) is 18.5. The lowest BCUT2D eigenvalue weighted by molar-refractivity contribution is 0.112. The molecule has 12 aromatic heterocycles. The van der Waals surface area contributed by atoms with Gasteiger partial charge in [0.1, 0.15) is 40.6 Å². The van der Waals surface area contributed by atoms with Gasteiger partial charge in [-0.1, -0.05) is 89.4 Å². The van der Waals surface area contributed by atoms with Gasteiger partial charge in [-0.15, -0.1) is 0 Å². The molecule has 0 saturated carbocycles. The Balaban J connectivity index is 0.000000140. The van der Waals surface area contributed by atoms with Crippen LogP contribution in [0.3, 0.4) is 0 Å². The number of nitrogens with zero attached hydrogens (tertiary/aromatic N) is 11. The van der Waals surface area contributed by atoms with Crippen LogP contribution in [-0.4, -0.2) is 80.9 Å². The van der Waals surface area contributed by atoms with E-state index < -0.39 is 31.7 Å². The van der Waals surface area contributed by atoms with Crippen LogP contribution in [0.4, 0.5) is 30.6 Å². The van der Waals surface area contributed by atoms with Crippen molar-refractivity contribution >= 4 is 112 Å². The number of halogens is 6. The number of aromatic nitrogens is 12. The molecule has 0 bridgehead atoms. The van der Waals surface area contributed by atoms with E-state index >= 15 is 0 Å². The van der Waals surface area contributed by atoms with Crippen LogP contribution in [0.2, 0.25) is 15.1 Å². The quantitative estimate of drug-likeness (QED) is 0.0617. The maximum Gasteiger partial charge on any atom is 0.269 e. The van der Waals surface area contributed by atoms with Crippen LogP contribution in [0.1, 0.15) is 54.9 Å². The predicted octanol–water partition coefficient (Wildman–Crippen LogP) is 13.9. The van der Waals surface area contributed by atoms with Gasteiger partial charge in [0.2, 0.25) is 0 Å². The average Bonchev–Trinajstić information content (AvgIpc) is 1.63. The molecule has 0 aliphatic carbocycles. The Bertz CT molecular complexity index is 5320. The van der Waals surface area contributed by atoms with E-state index in [-0.39, 0.29) is 21.2 Å². The molecule has 0 aliphatic rings. The van der Waals surface area contributed by atoms with Gasteiger partial charge in [0, 0.05) is 128 Å². The molecule has 0 spiro atoms. The number of H-pyrrole nitrogens is 1. The third kappa shape index (κ3) is 17.1. The lowest BCUT2D eigenvalue weighted by atomic mass is 10.1. The number of carbonyl (C=O) groups is 1. The number of nitrogens with one attached hydrogen (secondary N) is 3. The number of aromatic amines is 1. The van der Waals surface area contributed by atoms with E-state index in [0.29, 0.717) is 86.6 Å². The van der Waals surface area contributed by atoms with Gasteiger partial charge in [-0.2, -0.15) is 0 Å². The molecule has 488 valence electrons. The number of nitrogens with two attached hydrogens (primary N) is 1. The molecule has 0 aliphatic heterocycles. The monoisotopic (exact) mass is 1400 g/mol. The number of hydrogen-bond acceptors (Lipinski definition) is 17. The molecule has 5 N–H and O–H groups in total. The summed E-state index contributed by atoms with van der Waals surface area (Å²) in [7, 11) is -7.62. The highest BCUT2D eigenvalue weighted by Crippen LogP contribution is 2.31. The van der Waals surface area contributed by atoms with E-state index in [9.17, 15) is 34.8 Å². The van der Waals surface area contributed by atoms with Crippen LogP contribution in [0, 0.1) is 17.5 Å². The summed E-state index contributed by atoms with van der Waals surface area (Å²) in [5.41, 5.74) is 14.3. The van der Waals surface area contributed by atoms with Crippen molar-refractivity contribution in [2.24, 2.45) is 0 Å². The Morgan fingerprint density at radius 3 is 1.31 bits per heavy atom. The van der Waals surface area contributed by atoms with Crippen molar-refractivity contribution in [2.45, 2.75) is 42.1 Å². The number of nitrogen functional groups attached to an aromatic ring is 1. The molecular formula is C69H53Cl3F3N15O5S2. The molecule has 28 heteroatoms. The number of rotatable bonds is 17. The van der Waals surface area contributed by atoms with Crippen molar-refractivity contribution in [2.75, 3.05) is 16.4 Å². The molecule has 0 atom stereocenters. The second-order valence-corrected chi connectivity index (χ2v) is 26.4. The molecule has 0 radical (unpaired) electrons. The summed E-state index contributed by atoms with van der Waals surface area (Å²) < 4.78 is 93.8. The Morgan fingerprint density at radius 2 is 0.887 bits per heavy atom. The van der Waals surface area contributed by atoms with Gasteiger partial charge in [-0.05, 0) is 123 Å². The summed E-state index contributed by atoms with van der Waals surface area (Å²) in [5, 5.41) is 10.1. The van der Waals surface area contributed by atoms with E-state index in [1.54, 1.807) is 122 Å². The van der Waals surface area contributed by atoms with Crippen LogP contribution < -0.4 is 16.4 Å². The molecule has 14 aromatic rings. The van der Waals surface area contributed by atoms with Crippen LogP contribution in [-0.2, 0) is 52.4 Å². The summed E-state index contributed by atoms with van der Waals surface area (Å²) >= 11 is 18.3. The maximum atomic E-state index is 13.3. The van der Waals surface area contributed by atoms with Crippen molar-refractivity contribution in [1.29, 1.82) is 0 Å². The number of hydrogen-bond donors (Lipinski definition) is 4. The first kappa shape index (κ1) is 67.5. The lowest BCUT2D eigenvalue weighted by Gasteiger charge is -2.07. The number of pyridine rings is 9. The van der Waals surface area contributed by atoms with Gasteiger partial charge >= 0.3 is 0 Å². The first-order valence-corrected chi connectivity index (χ1v) is 33.2. The Kier molecular flexibility index (Phi) is 21.3. The Hall–Kier alpha value is -11.0. The normalized spacial score (nSPS) is 11.2. The van der Waals surface area contributed by atoms with Crippen molar-refractivity contribution < 1.29 is 34.8 Å². The van der Waals surface area contributed by atoms with Gasteiger partial charge in [-0.3, -0.25) is 19.7 Å². The predicted molar refractivity (Wildman–Crippen MR) is 367 cm³/mol. The SMILES string of the molecule is Fc1cncc(CNc2ccc(Cc3c[nH]c4ncc(Cl)cc34)cn2)c1.Nc1ccc(Cc2cn(S(=O)(=O)c3ccccc3)c3ncc(Cl)cc23)cn1.O=Cc1cncc(F)c1.O=S(=O)(c1ccccc1)n1cc(Cc2ccc(NCc3cncc(F)c3)nc2)c2cc(Cl)cnc21. The highest BCUT2D eigenvalue weighted by Gasteiger charge is 2.24. The van der Waals surface area contributed by atoms with Crippen molar-refractivity contribution in [3.63, 3.8) is 0 Å². The van der Waals surface area contributed by atoms with Crippen molar-refractivity contribution in [3.05, 3.63) is 309 Å². The van der Waals surface area contributed by atoms with E-state index in [4.69, 9.17) is 40.5 Å². The number of benzene rings is 2. The van der Waals surface area contributed by atoms with Gasteiger partial charge in [0.05, 0.1) is 43.4 Å². The largest absolute Gasteiger partial charge is 0.384 e. The smallest absolute Gasteiger partial charge is 0.269 e. The second-order valence-electron chi connectivity index (χ2n) is 21.5. The highest BCUT2D eigenvalue weighted by molar-refractivity contribution is 7.90. The zero-order valence-electron chi connectivity index (χ0n) is 50.6. The summed E-state index contributed by atoms with van der Waals surface area (Å²) in [5.74, 6) is 0.548. The fourth-order valence-corrected chi connectivity index (χ4v) is 13.1. The van der Waals surface area contributed by atoms with E-state index in [1.807, 2.05) is 48.8 Å². The average molecular weight is 1400 g/mol. The van der Waals surface area contributed by atoms with Crippen molar-refractivity contribution in [3.8, 4) is 0 Å². The van der Waals surface area contributed by atoms with Crippen LogP contribution in [0.15, 0.2) is 236 Å². The first-order chi connectivity index (χ1) is 46.8. The molecule has 2 aromatic carbocycles. The van der Waals surface area contributed by atoms with E-state index in [1.165, 1.54) is 44.9 Å². The lowest BCUT2D eigenvalue weighted by Crippen LogP contribution is -2.12. The minimum absolute atomic E-state index is 0.172. The van der Waals surface area contributed by atoms with Gasteiger partial charge < -0.3 is 21.4 Å². The Labute approximate surface area is 568 Å². The number of carbonyl (C=O) groups excluding carboxylic acids is 1. The van der Waals surface area contributed by atoms with E-state index in [2.05, 4.69) is 60.5 Å². The first-order valence-electron chi connectivity index (χ1n) is 29.2. The number of anilines is 3. The fourth-order valence-electron chi connectivity index (χ4n) is 9.92. The van der Waals surface area contributed by atoms with Gasteiger partial charge in [0.25, 0.3) is 20.0 Å². The zero-order chi connectivity index (χ0) is 68.1. The highest BCUT2D eigenvalue weighted by atomic mass is 35.5. The van der Waals surface area contributed by atoms with Crippen LogP contribution in [0.5, 0.6) is 0 Å². The minimum atomic E-state index is -3.84. The van der Waals surface area contributed by atoms with E-state index in [0.717, 1.165) is 80.7 Å². The van der Waals surface area contributed by atoms with Gasteiger partial charge in [0.15, 0.2) is 17.6 Å². The standard InChI is InChI=1S/C25H19ClFN5O2S.C19H15ClFN5.C19H15ClN4O2S.C6H4FNO/c26-20-10-23-19(16-32(25(23)31-14-20)35(33,34)22-4-2-1-3-5-22)8-17-6-7-24(29-12-17)30-13-18-9-21(27)15-28-11-18;20-15-5-17-14(9-25-19(17)26-10-15)3-12-1-2-18(23-7-12)24-8-13-4-16(21)11-22-6-13;20-15-9-17-14(8-13-6-7-18(21)22-10-13)12-24(19(17)23-11-15)27(25,26)16-4-2-1-3-5-16;7-6-1-5(4-9)2-8-3-6/h1-7,9-12,14-16H,8,13H2,(H,29,30);1-2,4-7,9-11H,3,8H2,(H,23,24)(H,25,26);1-7,9-12H,8H2,(H2,21,22);1-4H. The molecular weight excluding hydrogens is 1350 g/mol. The Morgan fingerprint density at radius 1 is 0.454 bits per heavy atom. The molecule has 12 heterocycles. The molecule has 0 amide bonds. The van der Waals surface area contributed by atoms with Gasteiger partial charge in [-0.25, -0.2) is 67.9 Å². The molecule has 0 fully saturated rings. The molecule has 0 saturated heterocycles. The minimum Gasteiger partial charge on any atom is -0.384 e. The molecule has 0 unspecified atom stereocenters. The summed E-state index contributed by atoms with van der Waals surface area (Å²) in [6, 6.07) is 37.0. The third-order valence-electron chi connectivity index (χ3n) is 14.5. The molecule has 14 rings (SSSR count). The molecule has 20 nitrogen and oxygen atoms in total. The van der Waals surface area contributed by atoms with Crippen molar-refractivity contribution in [1.82, 2.24) is 57.8 Å². The van der Waals surface area contributed by atoms with Crippen LogP contribution in [0.25, 0.3) is 33.1 Å². The number of aldehydes is 1. The fraction of sp³-hybridized carbons (Fsp3) is 0.0725.